The Morgan fingerprint density at radius 1 is 1.32 bits per heavy atom. The molecule has 0 amide bonds. The molecule has 1 saturated carbocycles. The molecule has 0 bridgehead atoms. The normalized spacial score (nSPS) is 24.4. The summed E-state index contributed by atoms with van der Waals surface area (Å²) in [6, 6.07) is 6.38. The molecule has 3 rings (SSSR count). The monoisotopic (exact) mass is 365 g/mol. The van der Waals surface area contributed by atoms with Crippen LogP contribution in [0.3, 0.4) is 0 Å². The van der Waals surface area contributed by atoms with Crippen LogP contribution in [0.15, 0.2) is 29.3 Å². The Morgan fingerprint density at radius 2 is 2.00 bits per heavy atom. The van der Waals surface area contributed by atoms with Crippen LogP contribution in [0, 0.1) is 22.0 Å². The highest BCUT2D eigenvalue weighted by Crippen LogP contribution is 2.31. The van der Waals surface area contributed by atoms with E-state index in [0.717, 1.165) is 24.1 Å². The second-order valence-corrected chi connectivity index (χ2v) is 6.96. The fraction of sp³-hybridized carbons (Fsp3) is 0.500. The molecule has 1 aromatic carbocycles. The van der Waals surface area contributed by atoms with Gasteiger partial charge in [0.25, 0.3) is 5.49 Å². The van der Waals surface area contributed by atoms with Crippen LogP contribution < -0.4 is 5.49 Å². The van der Waals surface area contributed by atoms with Crippen molar-refractivity contribution >= 4 is 17.4 Å². The molecule has 2 aromatic rings. The third kappa shape index (κ3) is 3.39. The van der Waals surface area contributed by atoms with E-state index in [4.69, 9.17) is 11.6 Å². The van der Waals surface area contributed by atoms with Gasteiger partial charge in [0.2, 0.25) is 0 Å². The smallest absolute Gasteiger partial charge is 0.409 e. The number of aromatic nitrogens is 3. The molecule has 0 unspecified atom stereocenters. The van der Waals surface area contributed by atoms with E-state index in [1.165, 1.54) is 0 Å². The zero-order valence-corrected chi connectivity index (χ0v) is 14.8. The van der Waals surface area contributed by atoms with E-state index in [2.05, 4.69) is 23.9 Å². The predicted molar refractivity (Wildman–Crippen MR) is 91.9 cm³/mol. The highest BCUT2D eigenvalue weighted by Gasteiger charge is 2.30. The van der Waals surface area contributed by atoms with Gasteiger partial charge in [0.05, 0.1) is 11.1 Å². The van der Waals surface area contributed by atoms with Crippen molar-refractivity contribution in [2.45, 2.75) is 39.2 Å². The molecule has 1 aliphatic rings. The molecule has 9 heteroatoms. The van der Waals surface area contributed by atoms with Crippen molar-refractivity contribution in [1.29, 1.82) is 0 Å². The van der Waals surface area contributed by atoms with Gasteiger partial charge in [-0.3, -0.25) is 4.99 Å². The number of nitro groups is 1. The molecule has 1 aromatic heterocycles. The van der Waals surface area contributed by atoms with Crippen LogP contribution in [0.2, 0.25) is 5.02 Å². The van der Waals surface area contributed by atoms with Crippen LogP contribution >= 0.6 is 11.6 Å². The van der Waals surface area contributed by atoms with Gasteiger partial charge in [-0.2, -0.15) is 0 Å². The van der Waals surface area contributed by atoms with Gasteiger partial charge in [0.1, 0.15) is 5.69 Å². The lowest BCUT2D eigenvalue weighted by atomic mass is 9.78. The van der Waals surface area contributed by atoms with Crippen LogP contribution in [-0.4, -0.2) is 30.9 Å². The highest BCUT2D eigenvalue weighted by molar-refractivity contribution is 6.30. The van der Waals surface area contributed by atoms with Crippen molar-refractivity contribution in [2.24, 2.45) is 16.8 Å². The Hall–Kier alpha value is -2.35. The van der Waals surface area contributed by atoms with E-state index < -0.39 is 10.7 Å². The number of hydrogen-bond donors (Lipinski definition) is 1. The van der Waals surface area contributed by atoms with Gasteiger partial charge in [-0.05, 0) is 52.2 Å². The lowest BCUT2D eigenvalue weighted by molar-refractivity contribution is -0.391. The molecule has 25 heavy (non-hydrogen) atoms. The first kappa shape index (κ1) is 17.5. The van der Waals surface area contributed by atoms with Crippen LogP contribution in [0.1, 0.15) is 33.1 Å². The zero-order chi connectivity index (χ0) is 18.1. The second kappa shape index (κ2) is 6.87. The summed E-state index contributed by atoms with van der Waals surface area (Å²) in [5.41, 5.74) is 0.312. The van der Waals surface area contributed by atoms with Gasteiger partial charge in [-0.25, -0.2) is 0 Å². The molecule has 0 aliphatic heterocycles. The van der Waals surface area contributed by atoms with Gasteiger partial charge in [0.15, 0.2) is 0 Å². The summed E-state index contributed by atoms with van der Waals surface area (Å²) in [7, 11) is 0. The number of halogens is 1. The Morgan fingerprint density at radius 3 is 2.64 bits per heavy atom. The minimum absolute atomic E-state index is 0.0799. The second-order valence-electron chi connectivity index (χ2n) is 6.52. The molecule has 1 N–H and O–H groups in total. The third-order valence-corrected chi connectivity index (χ3v) is 5.19. The van der Waals surface area contributed by atoms with Crippen molar-refractivity contribution in [3.8, 4) is 5.69 Å². The largest absolute Gasteiger partial charge is 0.438 e. The predicted octanol–water partition coefficient (Wildman–Crippen LogP) is 3.20. The molecule has 1 heterocycles. The van der Waals surface area contributed by atoms with E-state index in [-0.39, 0.29) is 17.4 Å². The van der Waals surface area contributed by atoms with Gasteiger partial charge >= 0.3 is 5.82 Å². The Labute approximate surface area is 149 Å². The van der Waals surface area contributed by atoms with Gasteiger partial charge < -0.3 is 15.3 Å². The van der Waals surface area contributed by atoms with Gasteiger partial charge in [-0.15, -0.1) is 0 Å². The summed E-state index contributed by atoms with van der Waals surface area (Å²) in [5, 5.41) is 26.3. The molecule has 1 aliphatic carbocycles. The maximum Gasteiger partial charge on any atom is 0.438 e. The van der Waals surface area contributed by atoms with Crippen molar-refractivity contribution in [3.63, 3.8) is 0 Å². The Bertz CT molecular complexity index is 842. The molecule has 0 radical (unpaired) electrons. The third-order valence-electron chi connectivity index (χ3n) is 4.94. The minimum atomic E-state index is -0.630. The van der Waals surface area contributed by atoms with E-state index in [1.54, 1.807) is 24.3 Å². The quantitative estimate of drug-likeness (QED) is 0.513. The van der Waals surface area contributed by atoms with E-state index in [9.17, 15) is 15.3 Å². The topological polar surface area (TPSA) is 98.5 Å². The van der Waals surface area contributed by atoms with Crippen molar-refractivity contribution < 1.29 is 10.1 Å². The van der Waals surface area contributed by atoms with E-state index in [0.29, 0.717) is 21.5 Å². The van der Waals surface area contributed by atoms with Crippen molar-refractivity contribution in [3.05, 3.63) is 44.9 Å². The highest BCUT2D eigenvalue weighted by atomic mass is 35.5. The molecular weight excluding hydrogens is 346 g/mol. The summed E-state index contributed by atoms with van der Waals surface area (Å²) in [5.74, 6) is 0.301. The maximum atomic E-state index is 11.4. The summed E-state index contributed by atoms with van der Waals surface area (Å²) in [4.78, 5) is 16.9. The van der Waals surface area contributed by atoms with E-state index >= 15 is 0 Å². The first-order chi connectivity index (χ1) is 11.9. The maximum absolute atomic E-state index is 11.4. The molecule has 1 fully saturated rings. The molecule has 134 valence electrons. The zero-order valence-electron chi connectivity index (χ0n) is 14.0. The first-order valence-corrected chi connectivity index (χ1v) is 8.62. The summed E-state index contributed by atoms with van der Waals surface area (Å²) >= 11 is 5.86. The molecule has 8 nitrogen and oxygen atoms in total. The number of benzene rings is 1. The summed E-state index contributed by atoms with van der Waals surface area (Å²) < 4.78 is 0. The Kier molecular flexibility index (Phi) is 4.80. The average molecular weight is 366 g/mol. The van der Waals surface area contributed by atoms with Gasteiger partial charge in [-0.1, -0.05) is 43.1 Å². The fourth-order valence-corrected chi connectivity index (χ4v) is 3.34. The lowest BCUT2D eigenvalue weighted by Gasteiger charge is -2.31. The lowest BCUT2D eigenvalue weighted by Crippen LogP contribution is -2.32. The summed E-state index contributed by atoms with van der Waals surface area (Å²) in [6.45, 7) is 4.25. The SMILES string of the molecule is C[C@@H]1[C@H](C)CCC[C@@H]1N=c1c([N+](=O)[O-])nn(-c2ccc(Cl)cc2)n1O. The van der Waals surface area contributed by atoms with Crippen LogP contribution in [-0.2, 0) is 0 Å². The van der Waals surface area contributed by atoms with E-state index in [1.807, 2.05) is 0 Å². The standard InChI is InChI=1S/C16H20ClN5O3/c1-10-4-3-5-14(11(10)2)18-15-16(22(24)25)19-20(21(15)23)13-8-6-12(17)7-9-13/h6-11,14,23H,3-5H2,1-2H3/t10-,11-,14+/m1/s1. The number of nitrogens with zero attached hydrogens (tertiary/aromatic N) is 5. The van der Waals surface area contributed by atoms with Crippen LogP contribution in [0.25, 0.3) is 5.69 Å². The first-order valence-electron chi connectivity index (χ1n) is 8.24. The average Bonchev–Trinajstić information content (AvgIpc) is 2.90. The summed E-state index contributed by atoms with van der Waals surface area (Å²) in [6.07, 6.45) is 2.98. The molecule has 3 atom stereocenters. The van der Waals surface area contributed by atoms with Crippen molar-refractivity contribution in [2.75, 3.05) is 0 Å². The van der Waals surface area contributed by atoms with Crippen LogP contribution in [0.5, 0.6) is 0 Å². The minimum Gasteiger partial charge on any atom is -0.409 e. The molecule has 0 spiro atoms. The van der Waals surface area contributed by atoms with Crippen molar-refractivity contribution in [1.82, 2.24) is 14.7 Å². The number of hydrogen-bond acceptors (Lipinski definition) is 5. The molecule has 0 saturated heterocycles. The molecular formula is C16H20ClN5O3. The fourth-order valence-electron chi connectivity index (χ4n) is 3.22. The van der Waals surface area contributed by atoms with Gasteiger partial charge in [0, 0.05) is 5.02 Å². The van der Waals surface area contributed by atoms with Crippen LogP contribution in [0.4, 0.5) is 5.82 Å². The number of rotatable bonds is 3. The Balaban J connectivity index is 2.11.